The molecule has 0 aromatic carbocycles. The second kappa shape index (κ2) is 11.3. The fraction of sp³-hybridized carbons (Fsp3) is 0.706. The summed E-state index contributed by atoms with van der Waals surface area (Å²) in [5, 5.41) is 0. The number of ether oxygens (including phenoxy) is 2. The molecule has 0 atom stereocenters. The molecule has 22 heavy (non-hydrogen) atoms. The van der Waals surface area contributed by atoms with Gasteiger partial charge in [0.25, 0.3) is 0 Å². The molecule has 0 N–H and O–H groups in total. The summed E-state index contributed by atoms with van der Waals surface area (Å²) in [4.78, 5) is 9.04. The van der Waals surface area contributed by atoms with Crippen molar-refractivity contribution < 1.29 is 9.47 Å². The molecule has 1 rings (SSSR count). The lowest BCUT2D eigenvalue weighted by Crippen LogP contribution is -2.28. The molecule has 0 bridgehead atoms. The summed E-state index contributed by atoms with van der Waals surface area (Å²) in [7, 11) is 0. The maximum absolute atomic E-state index is 5.71. The Labute approximate surface area is 135 Å². The number of pyridine rings is 1. The molecule has 0 amide bonds. The second-order valence-corrected chi connectivity index (χ2v) is 5.06. The minimum absolute atomic E-state index is 0.632. The quantitative estimate of drug-likeness (QED) is 0.593. The highest BCUT2D eigenvalue weighted by molar-refractivity contribution is 5.19. The van der Waals surface area contributed by atoms with E-state index in [0.717, 1.165) is 39.3 Å². The van der Waals surface area contributed by atoms with Gasteiger partial charge in [-0.1, -0.05) is 33.8 Å². The highest BCUT2D eigenvalue weighted by Gasteiger charge is 2.03. The van der Waals surface area contributed by atoms with E-state index in [1.54, 1.807) is 0 Å². The van der Waals surface area contributed by atoms with Crippen LogP contribution in [0.15, 0.2) is 18.2 Å². The third-order valence-corrected chi connectivity index (χ3v) is 3.80. The summed E-state index contributed by atoms with van der Waals surface area (Å²) in [5.74, 6) is 1.26. The van der Waals surface area contributed by atoms with Crippen molar-refractivity contribution in [2.45, 2.75) is 27.7 Å². The lowest BCUT2D eigenvalue weighted by Gasteiger charge is -2.18. The van der Waals surface area contributed by atoms with Crippen LogP contribution in [-0.2, 0) is 0 Å². The van der Waals surface area contributed by atoms with Crippen molar-refractivity contribution in [2.75, 3.05) is 52.5 Å². The van der Waals surface area contributed by atoms with Crippen LogP contribution in [0, 0.1) is 0 Å². The van der Waals surface area contributed by atoms with E-state index in [2.05, 4.69) is 42.5 Å². The Morgan fingerprint density at radius 2 is 1.18 bits per heavy atom. The molecule has 0 fully saturated rings. The van der Waals surface area contributed by atoms with Gasteiger partial charge in [0.1, 0.15) is 13.2 Å². The van der Waals surface area contributed by atoms with Gasteiger partial charge < -0.3 is 19.3 Å². The SMILES string of the molecule is CCN(CC)CCOc1cccc(OCCN(CC)CC)n1. The van der Waals surface area contributed by atoms with E-state index in [9.17, 15) is 0 Å². The van der Waals surface area contributed by atoms with Crippen LogP contribution in [-0.4, -0.2) is 67.3 Å². The number of hydrogen-bond donors (Lipinski definition) is 0. The van der Waals surface area contributed by atoms with Gasteiger partial charge in [0.2, 0.25) is 11.8 Å². The van der Waals surface area contributed by atoms with Gasteiger partial charge in [-0.3, -0.25) is 0 Å². The molecule has 5 heteroatoms. The van der Waals surface area contributed by atoms with Crippen molar-refractivity contribution in [3.8, 4) is 11.8 Å². The molecule has 0 radical (unpaired) electrons. The van der Waals surface area contributed by atoms with Gasteiger partial charge in [-0.05, 0) is 26.2 Å². The smallest absolute Gasteiger partial charge is 0.216 e. The minimum atomic E-state index is 0.632. The first-order valence-electron chi connectivity index (χ1n) is 8.40. The van der Waals surface area contributed by atoms with Crippen molar-refractivity contribution in [3.05, 3.63) is 18.2 Å². The topological polar surface area (TPSA) is 37.8 Å². The van der Waals surface area contributed by atoms with Crippen LogP contribution in [0.25, 0.3) is 0 Å². The van der Waals surface area contributed by atoms with Crippen LogP contribution in [0.3, 0.4) is 0 Å². The predicted molar refractivity (Wildman–Crippen MR) is 90.8 cm³/mol. The number of likely N-dealkylation sites (N-methyl/N-ethyl adjacent to an activating group) is 2. The number of hydrogen-bond acceptors (Lipinski definition) is 5. The summed E-state index contributed by atoms with van der Waals surface area (Å²) in [6.07, 6.45) is 0. The van der Waals surface area contributed by atoms with E-state index in [1.165, 1.54) is 0 Å². The predicted octanol–water partition coefficient (Wildman–Crippen LogP) is 2.52. The Balaban J connectivity index is 2.35. The molecule has 126 valence electrons. The van der Waals surface area contributed by atoms with Gasteiger partial charge in [-0.2, -0.15) is 4.98 Å². The summed E-state index contributed by atoms with van der Waals surface area (Å²) < 4.78 is 11.4. The molecule has 5 nitrogen and oxygen atoms in total. The standard InChI is InChI=1S/C17H31N3O2/c1-5-19(6-2)12-14-21-16-10-9-11-17(18-16)22-15-13-20(7-3)8-4/h9-11H,5-8,12-15H2,1-4H3. The Morgan fingerprint density at radius 3 is 1.55 bits per heavy atom. The summed E-state index contributed by atoms with van der Waals surface area (Å²) in [6, 6.07) is 5.67. The lowest BCUT2D eigenvalue weighted by atomic mass is 10.4. The van der Waals surface area contributed by atoms with E-state index in [-0.39, 0.29) is 0 Å². The molecule has 0 unspecified atom stereocenters. The molecule has 1 heterocycles. The normalized spacial score (nSPS) is 11.2. The Hall–Kier alpha value is -1.33. The molecular formula is C17H31N3O2. The van der Waals surface area contributed by atoms with Crippen LogP contribution in [0.2, 0.25) is 0 Å². The minimum Gasteiger partial charge on any atom is -0.476 e. The zero-order valence-corrected chi connectivity index (χ0v) is 14.5. The first-order chi connectivity index (χ1) is 10.7. The Bertz CT molecular complexity index is 360. The van der Waals surface area contributed by atoms with E-state index < -0.39 is 0 Å². The fourth-order valence-electron chi connectivity index (χ4n) is 2.19. The fourth-order valence-corrected chi connectivity index (χ4v) is 2.19. The Morgan fingerprint density at radius 1 is 0.773 bits per heavy atom. The molecule has 0 saturated carbocycles. The third-order valence-electron chi connectivity index (χ3n) is 3.80. The molecule has 1 aromatic heterocycles. The van der Waals surface area contributed by atoms with E-state index in [1.807, 2.05) is 18.2 Å². The van der Waals surface area contributed by atoms with Crippen molar-refractivity contribution in [3.63, 3.8) is 0 Å². The highest BCUT2D eigenvalue weighted by atomic mass is 16.5. The van der Waals surface area contributed by atoms with Crippen molar-refractivity contribution in [2.24, 2.45) is 0 Å². The van der Waals surface area contributed by atoms with Gasteiger partial charge in [0, 0.05) is 25.2 Å². The van der Waals surface area contributed by atoms with E-state index >= 15 is 0 Å². The van der Waals surface area contributed by atoms with Gasteiger partial charge >= 0.3 is 0 Å². The number of rotatable bonds is 12. The average molecular weight is 309 g/mol. The van der Waals surface area contributed by atoms with Crippen molar-refractivity contribution in [1.82, 2.24) is 14.8 Å². The zero-order chi connectivity index (χ0) is 16.2. The van der Waals surface area contributed by atoms with Crippen LogP contribution < -0.4 is 9.47 Å². The Kier molecular flexibility index (Phi) is 9.59. The van der Waals surface area contributed by atoms with Gasteiger partial charge in [0.15, 0.2) is 0 Å². The van der Waals surface area contributed by atoms with Crippen LogP contribution in [0.1, 0.15) is 27.7 Å². The maximum Gasteiger partial charge on any atom is 0.216 e. The molecule has 0 aliphatic carbocycles. The second-order valence-electron chi connectivity index (χ2n) is 5.06. The molecule has 0 spiro atoms. The zero-order valence-electron chi connectivity index (χ0n) is 14.5. The molecule has 0 saturated heterocycles. The van der Waals surface area contributed by atoms with E-state index in [4.69, 9.17) is 9.47 Å². The number of aromatic nitrogens is 1. The van der Waals surface area contributed by atoms with Crippen LogP contribution >= 0.6 is 0 Å². The monoisotopic (exact) mass is 309 g/mol. The number of nitrogens with zero attached hydrogens (tertiary/aromatic N) is 3. The van der Waals surface area contributed by atoms with Gasteiger partial charge in [-0.15, -0.1) is 0 Å². The molecular weight excluding hydrogens is 278 g/mol. The van der Waals surface area contributed by atoms with Gasteiger partial charge in [-0.25, -0.2) is 0 Å². The van der Waals surface area contributed by atoms with Crippen molar-refractivity contribution in [1.29, 1.82) is 0 Å². The lowest BCUT2D eigenvalue weighted by molar-refractivity contribution is 0.206. The van der Waals surface area contributed by atoms with E-state index in [0.29, 0.717) is 25.0 Å². The molecule has 0 aliphatic rings. The molecule has 1 aromatic rings. The summed E-state index contributed by atoms with van der Waals surface area (Å²) >= 11 is 0. The highest BCUT2D eigenvalue weighted by Crippen LogP contribution is 2.13. The van der Waals surface area contributed by atoms with Gasteiger partial charge in [0.05, 0.1) is 0 Å². The summed E-state index contributed by atoms with van der Waals surface area (Å²) in [6.45, 7) is 15.9. The van der Waals surface area contributed by atoms with Crippen molar-refractivity contribution >= 4 is 0 Å². The van der Waals surface area contributed by atoms with Crippen LogP contribution in [0.5, 0.6) is 11.8 Å². The largest absolute Gasteiger partial charge is 0.476 e. The third kappa shape index (κ3) is 7.09. The van der Waals surface area contributed by atoms with Crippen LogP contribution in [0.4, 0.5) is 0 Å². The maximum atomic E-state index is 5.71. The summed E-state index contributed by atoms with van der Waals surface area (Å²) in [5.41, 5.74) is 0. The molecule has 0 aliphatic heterocycles. The first kappa shape index (κ1) is 18.7. The average Bonchev–Trinajstić information content (AvgIpc) is 2.56. The first-order valence-corrected chi connectivity index (χ1v) is 8.40.